The van der Waals surface area contributed by atoms with E-state index in [-0.39, 0.29) is 11.6 Å². The van der Waals surface area contributed by atoms with Gasteiger partial charge in [-0.1, -0.05) is 13.8 Å². The summed E-state index contributed by atoms with van der Waals surface area (Å²) in [6.45, 7) is 6.19. The number of carbonyl (C=O) groups is 1. The number of aromatic carboxylic acids is 1. The molecular formula is C14H18N2O2S. The van der Waals surface area contributed by atoms with Gasteiger partial charge >= 0.3 is 5.97 Å². The maximum atomic E-state index is 11.3. The summed E-state index contributed by atoms with van der Waals surface area (Å²) in [5.74, 6) is -0.920. The molecule has 0 aliphatic carbocycles. The number of rotatable bonds is 5. The lowest BCUT2D eigenvalue weighted by Gasteiger charge is -2.07. The Morgan fingerprint density at radius 1 is 1.47 bits per heavy atom. The van der Waals surface area contributed by atoms with E-state index in [9.17, 15) is 9.90 Å². The van der Waals surface area contributed by atoms with Gasteiger partial charge in [-0.25, -0.2) is 4.79 Å². The maximum absolute atomic E-state index is 11.3. The normalized spacial score (nSPS) is 12.6. The summed E-state index contributed by atoms with van der Waals surface area (Å²) >= 11 is 1.61. The number of aromatic nitrogens is 2. The first kappa shape index (κ1) is 13.8. The maximum Gasteiger partial charge on any atom is 0.339 e. The van der Waals surface area contributed by atoms with Gasteiger partial charge in [-0.3, -0.25) is 4.68 Å². The molecule has 2 heterocycles. The molecule has 0 amide bonds. The molecule has 1 atom stereocenters. The minimum absolute atomic E-state index is 0.206. The lowest BCUT2D eigenvalue weighted by Crippen LogP contribution is -2.04. The van der Waals surface area contributed by atoms with Crippen molar-refractivity contribution in [3.63, 3.8) is 0 Å². The number of hydrogen-bond acceptors (Lipinski definition) is 3. The van der Waals surface area contributed by atoms with Crippen molar-refractivity contribution in [3.8, 4) is 10.6 Å². The molecule has 0 spiro atoms. The third kappa shape index (κ3) is 2.71. The number of aryl methyl sites for hydroxylation is 1. The van der Waals surface area contributed by atoms with Crippen molar-refractivity contribution >= 4 is 17.3 Å². The third-order valence-corrected chi connectivity index (χ3v) is 4.48. The smallest absolute Gasteiger partial charge is 0.339 e. The molecule has 1 N–H and O–H groups in total. The molecule has 4 nitrogen and oxygen atoms in total. The predicted molar refractivity (Wildman–Crippen MR) is 76.9 cm³/mol. The Kier molecular flexibility index (Phi) is 4.04. The molecule has 0 radical (unpaired) electrons. The molecule has 0 saturated carbocycles. The summed E-state index contributed by atoms with van der Waals surface area (Å²) in [7, 11) is 0. The number of nitrogens with zero attached hydrogens (tertiary/aromatic N) is 2. The molecule has 0 saturated heterocycles. The topological polar surface area (TPSA) is 55.1 Å². The van der Waals surface area contributed by atoms with E-state index in [0.717, 1.165) is 17.7 Å². The van der Waals surface area contributed by atoms with E-state index >= 15 is 0 Å². The SMILES string of the molecule is CCc1ccc(-c2nn(C(C)CC)cc2C(=O)O)s1. The van der Waals surface area contributed by atoms with Crippen molar-refractivity contribution in [2.75, 3.05) is 0 Å². The van der Waals surface area contributed by atoms with Crippen molar-refractivity contribution < 1.29 is 9.90 Å². The van der Waals surface area contributed by atoms with Gasteiger partial charge in [0, 0.05) is 17.1 Å². The summed E-state index contributed by atoms with van der Waals surface area (Å²) < 4.78 is 1.75. The molecule has 102 valence electrons. The van der Waals surface area contributed by atoms with Crippen molar-refractivity contribution in [2.45, 2.75) is 39.7 Å². The Morgan fingerprint density at radius 2 is 2.21 bits per heavy atom. The lowest BCUT2D eigenvalue weighted by molar-refractivity contribution is 0.0697. The number of carboxylic acid groups (broad SMARTS) is 1. The molecule has 2 aromatic heterocycles. The number of hydrogen-bond donors (Lipinski definition) is 1. The van der Waals surface area contributed by atoms with Gasteiger partial charge in [0.25, 0.3) is 0 Å². The largest absolute Gasteiger partial charge is 0.478 e. The number of carboxylic acids is 1. The Labute approximate surface area is 116 Å². The Bertz CT molecular complexity index is 586. The molecule has 5 heteroatoms. The first-order valence-electron chi connectivity index (χ1n) is 6.48. The van der Waals surface area contributed by atoms with Crippen LogP contribution in [0.1, 0.15) is 48.5 Å². The second kappa shape index (κ2) is 5.57. The summed E-state index contributed by atoms with van der Waals surface area (Å²) in [4.78, 5) is 13.5. The zero-order valence-electron chi connectivity index (χ0n) is 11.4. The van der Waals surface area contributed by atoms with E-state index in [4.69, 9.17) is 0 Å². The Balaban J connectivity index is 2.48. The highest BCUT2D eigenvalue weighted by molar-refractivity contribution is 7.15. The van der Waals surface area contributed by atoms with Crippen molar-refractivity contribution in [1.29, 1.82) is 0 Å². The van der Waals surface area contributed by atoms with Gasteiger partial charge in [-0.15, -0.1) is 11.3 Å². The second-order valence-corrected chi connectivity index (χ2v) is 5.72. The van der Waals surface area contributed by atoms with E-state index in [2.05, 4.69) is 18.9 Å². The predicted octanol–water partition coefficient (Wildman–Crippen LogP) is 3.84. The van der Waals surface area contributed by atoms with Gasteiger partial charge in [-0.2, -0.15) is 5.10 Å². The van der Waals surface area contributed by atoms with E-state index in [1.807, 2.05) is 19.1 Å². The molecule has 2 rings (SSSR count). The second-order valence-electron chi connectivity index (χ2n) is 4.55. The van der Waals surface area contributed by atoms with Crippen LogP contribution >= 0.6 is 11.3 Å². The molecular weight excluding hydrogens is 260 g/mol. The van der Waals surface area contributed by atoms with Crippen molar-refractivity contribution in [3.05, 3.63) is 28.8 Å². The number of thiophene rings is 1. The zero-order chi connectivity index (χ0) is 14.0. The van der Waals surface area contributed by atoms with E-state index in [1.54, 1.807) is 22.2 Å². The van der Waals surface area contributed by atoms with Crippen LogP contribution in [0.25, 0.3) is 10.6 Å². The summed E-state index contributed by atoms with van der Waals surface area (Å²) in [6.07, 6.45) is 3.52. The minimum atomic E-state index is -0.920. The summed E-state index contributed by atoms with van der Waals surface area (Å²) in [5.41, 5.74) is 0.863. The van der Waals surface area contributed by atoms with Crippen molar-refractivity contribution in [2.24, 2.45) is 0 Å². The van der Waals surface area contributed by atoms with Gasteiger partial charge in [-0.05, 0) is 31.9 Å². The molecule has 1 unspecified atom stereocenters. The van der Waals surface area contributed by atoms with Crippen LogP contribution in [-0.4, -0.2) is 20.9 Å². The average Bonchev–Trinajstić information content (AvgIpc) is 3.03. The quantitative estimate of drug-likeness (QED) is 0.904. The molecule has 0 aliphatic heterocycles. The van der Waals surface area contributed by atoms with Crippen molar-refractivity contribution in [1.82, 2.24) is 9.78 Å². The van der Waals surface area contributed by atoms with Gasteiger partial charge < -0.3 is 5.11 Å². The third-order valence-electron chi connectivity index (χ3n) is 3.25. The molecule has 0 bridgehead atoms. The zero-order valence-corrected chi connectivity index (χ0v) is 12.2. The van der Waals surface area contributed by atoms with Crippen LogP contribution in [0.15, 0.2) is 18.3 Å². The first-order valence-corrected chi connectivity index (χ1v) is 7.30. The minimum Gasteiger partial charge on any atom is -0.478 e. The van der Waals surface area contributed by atoms with Crippen LogP contribution in [0.2, 0.25) is 0 Å². The van der Waals surface area contributed by atoms with Crippen LogP contribution in [0, 0.1) is 0 Å². The van der Waals surface area contributed by atoms with Gasteiger partial charge in [0.1, 0.15) is 11.3 Å². The van der Waals surface area contributed by atoms with E-state index < -0.39 is 5.97 Å². The molecule has 0 aliphatic rings. The molecule has 2 aromatic rings. The Hall–Kier alpha value is -1.62. The fraction of sp³-hybridized carbons (Fsp3) is 0.429. The molecule has 0 fully saturated rings. The van der Waals surface area contributed by atoms with Gasteiger partial charge in [0.15, 0.2) is 0 Å². The first-order chi connectivity index (χ1) is 9.06. The summed E-state index contributed by atoms with van der Waals surface area (Å²) in [5, 5.41) is 13.8. The monoisotopic (exact) mass is 278 g/mol. The molecule has 19 heavy (non-hydrogen) atoms. The van der Waals surface area contributed by atoms with Crippen LogP contribution in [0.5, 0.6) is 0 Å². The van der Waals surface area contributed by atoms with E-state index in [0.29, 0.717) is 5.69 Å². The Morgan fingerprint density at radius 3 is 2.74 bits per heavy atom. The van der Waals surface area contributed by atoms with Gasteiger partial charge in [0.05, 0.1) is 4.88 Å². The highest BCUT2D eigenvalue weighted by Crippen LogP contribution is 2.30. The summed E-state index contributed by atoms with van der Waals surface area (Å²) in [6, 6.07) is 4.20. The highest BCUT2D eigenvalue weighted by atomic mass is 32.1. The standard InChI is InChI=1S/C14H18N2O2S/c1-4-9(3)16-8-11(14(17)18)13(15-16)12-7-6-10(5-2)19-12/h6-9H,4-5H2,1-3H3,(H,17,18). The lowest BCUT2D eigenvalue weighted by atomic mass is 10.2. The molecule has 0 aromatic carbocycles. The fourth-order valence-electron chi connectivity index (χ4n) is 1.84. The average molecular weight is 278 g/mol. The van der Waals surface area contributed by atoms with Crippen LogP contribution in [0.3, 0.4) is 0 Å². The van der Waals surface area contributed by atoms with E-state index in [1.165, 1.54) is 4.88 Å². The van der Waals surface area contributed by atoms with Crippen LogP contribution < -0.4 is 0 Å². The fourth-order valence-corrected chi connectivity index (χ4v) is 2.78. The van der Waals surface area contributed by atoms with Gasteiger partial charge in [0.2, 0.25) is 0 Å². The highest BCUT2D eigenvalue weighted by Gasteiger charge is 2.19. The van der Waals surface area contributed by atoms with Crippen LogP contribution in [-0.2, 0) is 6.42 Å². The van der Waals surface area contributed by atoms with Crippen LogP contribution in [0.4, 0.5) is 0 Å².